The van der Waals surface area contributed by atoms with Crippen LogP contribution in [0.4, 0.5) is 17.1 Å². The standard InChI is InChI=1S/C64H42N2S/c1-2-14-43(15-3-1)45-34-38-50(39-35-45)65(51-40-36-46(37-41-51)44-30-32-48(33-31-44)54-23-11-17-47-16-4-5-20-53(47)54)52-19-10-18-49(42-52)55-24-12-26-59-63(55)56-21-6-8-25-58(56)66(59)60-27-13-29-62-64(60)57-22-7-9-28-61(57)67-62/h1-42H. The van der Waals surface area contributed by atoms with Gasteiger partial charge in [0.05, 0.1) is 16.7 Å². The lowest BCUT2D eigenvalue weighted by Crippen LogP contribution is -2.10. The summed E-state index contributed by atoms with van der Waals surface area (Å²) in [6.45, 7) is 0. The van der Waals surface area contributed by atoms with Crippen LogP contribution in [0.15, 0.2) is 255 Å². The van der Waals surface area contributed by atoms with Crippen molar-refractivity contribution >= 4 is 81.1 Å². The maximum Gasteiger partial charge on any atom is 0.0555 e. The fourth-order valence-corrected chi connectivity index (χ4v) is 11.4. The van der Waals surface area contributed by atoms with E-state index < -0.39 is 0 Å². The second kappa shape index (κ2) is 16.2. The van der Waals surface area contributed by atoms with Crippen molar-refractivity contribution in [2.45, 2.75) is 0 Å². The van der Waals surface area contributed by atoms with Crippen molar-refractivity contribution in [1.82, 2.24) is 4.57 Å². The van der Waals surface area contributed by atoms with E-state index in [0.717, 1.165) is 17.1 Å². The molecule has 67 heavy (non-hydrogen) atoms. The van der Waals surface area contributed by atoms with Crippen LogP contribution in [0.5, 0.6) is 0 Å². The molecule has 0 aliphatic heterocycles. The Bertz CT molecular complexity index is 3950. The summed E-state index contributed by atoms with van der Waals surface area (Å²) in [4.78, 5) is 2.39. The van der Waals surface area contributed by atoms with E-state index in [4.69, 9.17) is 0 Å². The highest BCUT2D eigenvalue weighted by Crippen LogP contribution is 2.45. The molecule has 0 unspecified atom stereocenters. The molecule has 13 rings (SSSR count). The Morgan fingerprint density at radius 2 is 0.821 bits per heavy atom. The van der Waals surface area contributed by atoms with E-state index in [9.17, 15) is 0 Å². The predicted octanol–water partition coefficient (Wildman–Crippen LogP) is 18.4. The molecule has 0 fully saturated rings. The Kier molecular flexibility index (Phi) is 9.40. The minimum atomic E-state index is 1.09. The number of thiophene rings is 1. The molecular formula is C64H42N2S. The van der Waals surface area contributed by atoms with E-state index in [2.05, 4.69) is 264 Å². The molecule has 0 amide bonds. The number of nitrogens with zero attached hydrogens (tertiary/aromatic N) is 2. The Morgan fingerprint density at radius 3 is 1.60 bits per heavy atom. The van der Waals surface area contributed by atoms with Crippen molar-refractivity contribution in [2.24, 2.45) is 0 Å². The number of fused-ring (bicyclic) bond motifs is 7. The van der Waals surface area contributed by atoms with Crippen molar-refractivity contribution in [3.05, 3.63) is 255 Å². The van der Waals surface area contributed by atoms with Crippen molar-refractivity contribution in [3.8, 4) is 50.2 Å². The molecule has 0 saturated heterocycles. The van der Waals surface area contributed by atoms with E-state index >= 15 is 0 Å². The molecule has 3 heteroatoms. The number of rotatable bonds is 8. The molecule has 2 nitrogen and oxygen atoms in total. The van der Waals surface area contributed by atoms with Crippen molar-refractivity contribution in [1.29, 1.82) is 0 Å². The van der Waals surface area contributed by atoms with Crippen LogP contribution < -0.4 is 4.90 Å². The van der Waals surface area contributed by atoms with Crippen LogP contribution >= 0.6 is 11.3 Å². The van der Waals surface area contributed by atoms with Gasteiger partial charge in [0.2, 0.25) is 0 Å². The molecule has 11 aromatic carbocycles. The molecule has 0 N–H and O–H groups in total. The number of aromatic nitrogens is 1. The van der Waals surface area contributed by atoms with Gasteiger partial charge in [0.1, 0.15) is 0 Å². The highest BCUT2D eigenvalue weighted by atomic mass is 32.1. The average Bonchev–Trinajstić information content (AvgIpc) is 3.96. The van der Waals surface area contributed by atoms with Crippen LogP contribution in [0.1, 0.15) is 0 Å². The first kappa shape index (κ1) is 38.9. The topological polar surface area (TPSA) is 8.17 Å². The summed E-state index contributed by atoms with van der Waals surface area (Å²) in [5.74, 6) is 0. The molecule has 0 radical (unpaired) electrons. The lowest BCUT2D eigenvalue weighted by atomic mass is 9.96. The molecule has 314 valence electrons. The van der Waals surface area contributed by atoms with Gasteiger partial charge < -0.3 is 9.47 Å². The van der Waals surface area contributed by atoms with Crippen LogP contribution in [0.2, 0.25) is 0 Å². The molecule has 0 bridgehead atoms. The summed E-state index contributed by atoms with van der Waals surface area (Å²) in [6.07, 6.45) is 0. The quantitative estimate of drug-likeness (QED) is 0.148. The van der Waals surface area contributed by atoms with E-state index in [1.807, 2.05) is 11.3 Å². The van der Waals surface area contributed by atoms with Gasteiger partial charge in [0, 0.05) is 48.0 Å². The Labute approximate surface area is 393 Å². The van der Waals surface area contributed by atoms with Crippen LogP contribution in [0, 0.1) is 0 Å². The average molecular weight is 871 g/mol. The van der Waals surface area contributed by atoms with Gasteiger partial charge in [0.15, 0.2) is 0 Å². The summed E-state index contributed by atoms with van der Waals surface area (Å²) in [6, 6.07) is 93.1. The molecule has 0 spiro atoms. The van der Waals surface area contributed by atoms with Crippen LogP contribution in [-0.4, -0.2) is 4.57 Å². The molecule has 0 saturated carbocycles. The number of hydrogen-bond acceptors (Lipinski definition) is 2. The number of anilines is 3. The highest BCUT2D eigenvalue weighted by Gasteiger charge is 2.21. The minimum Gasteiger partial charge on any atom is -0.310 e. The Hall–Kier alpha value is -8.50. The number of para-hydroxylation sites is 1. The lowest BCUT2D eigenvalue weighted by Gasteiger charge is -2.26. The SMILES string of the molecule is c1ccc(-c2ccc(N(c3ccc(-c4ccc(-c5cccc6ccccc56)cc4)cc3)c3cccc(-c4cccc5c4c4ccccc4n5-c4cccc5sc6ccccc6c45)c3)cc2)cc1. The van der Waals surface area contributed by atoms with Gasteiger partial charge in [-0.25, -0.2) is 0 Å². The second-order valence-electron chi connectivity index (χ2n) is 17.3. The molecule has 2 heterocycles. The Balaban J connectivity index is 0.919. The summed E-state index contributed by atoms with van der Waals surface area (Å²) in [5, 5.41) is 7.62. The highest BCUT2D eigenvalue weighted by molar-refractivity contribution is 7.25. The first-order valence-corrected chi connectivity index (χ1v) is 23.7. The summed E-state index contributed by atoms with van der Waals surface area (Å²) < 4.78 is 5.09. The van der Waals surface area contributed by atoms with Gasteiger partial charge in [-0.1, -0.05) is 188 Å². The predicted molar refractivity (Wildman–Crippen MR) is 288 cm³/mol. The van der Waals surface area contributed by atoms with E-state index in [0.29, 0.717) is 0 Å². The summed E-state index contributed by atoms with van der Waals surface area (Å²) in [7, 11) is 0. The van der Waals surface area contributed by atoms with Gasteiger partial charge >= 0.3 is 0 Å². The third kappa shape index (κ3) is 6.71. The number of hydrogen-bond donors (Lipinski definition) is 0. The maximum atomic E-state index is 2.48. The smallest absolute Gasteiger partial charge is 0.0555 e. The zero-order chi connectivity index (χ0) is 44.3. The molecular weight excluding hydrogens is 829 g/mol. The monoisotopic (exact) mass is 870 g/mol. The van der Waals surface area contributed by atoms with Gasteiger partial charge in [-0.05, 0) is 122 Å². The summed E-state index contributed by atoms with van der Waals surface area (Å²) >= 11 is 1.87. The minimum absolute atomic E-state index is 1.09. The molecule has 0 aliphatic rings. The maximum absolute atomic E-state index is 2.48. The fourth-order valence-electron chi connectivity index (χ4n) is 10.3. The fraction of sp³-hybridized carbons (Fsp3) is 0. The van der Waals surface area contributed by atoms with Gasteiger partial charge in [-0.3, -0.25) is 0 Å². The van der Waals surface area contributed by atoms with E-state index in [-0.39, 0.29) is 0 Å². The van der Waals surface area contributed by atoms with Crippen LogP contribution in [0.25, 0.3) is 103 Å². The van der Waals surface area contributed by atoms with Gasteiger partial charge in [-0.2, -0.15) is 0 Å². The lowest BCUT2D eigenvalue weighted by molar-refractivity contribution is 1.20. The van der Waals surface area contributed by atoms with Crippen molar-refractivity contribution in [2.75, 3.05) is 4.90 Å². The molecule has 0 atom stereocenters. The normalized spacial score (nSPS) is 11.6. The van der Waals surface area contributed by atoms with E-state index in [1.54, 1.807) is 0 Å². The van der Waals surface area contributed by atoms with Crippen LogP contribution in [-0.2, 0) is 0 Å². The molecule has 13 aromatic rings. The third-order valence-corrected chi connectivity index (χ3v) is 14.5. The van der Waals surface area contributed by atoms with Crippen molar-refractivity contribution < 1.29 is 0 Å². The second-order valence-corrected chi connectivity index (χ2v) is 18.3. The zero-order valence-electron chi connectivity index (χ0n) is 36.6. The van der Waals surface area contributed by atoms with Gasteiger partial charge in [0.25, 0.3) is 0 Å². The first-order chi connectivity index (χ1) is 33.2. The Morgan fingerprint density at radius 1 is 0.299 bits per heavy atom. The molecule has 2 aromatic heterocycles. The van der Waals surface area contributed by atoms with E-state index in [1.165, 1.54) is 103 Å². The zero-order valence-corrected chi connectivity index (χ0v) is 37.4. The van der Waals surface area contributed by atoms with Gasteiger partial charge in [-0.15, -0.1) is 11.3 Å². The number of benzene rings is 11. The summed E-state index contributed by atoms with van der Waals surface area (Å²) in [5.41, 5.74) is 16.5. The van der Waals surface area contributed by atoms with Crippen LogP contribution in [0.3, 0.4) is 0 Å². The largest absolute Gasteiger partial charge is 0.310 e. The van der Waals surface area contributed by atoms with Crippen molar-refractivity contribution in [3.63, 3.8) is 0 Å². The molecule has 0 aliphatic carbocycles. The third-order valence-electron chi connectivity index (χ3n) is 13.4. The first-order valence-electron chi connectivity index (χ1n) is 22.9.